The summed E-state index contributed by atoms with van der Waals surface area (Å²) in [6.45, 7) is 3.91. The van der Waals surface area contributed by atoms with E-state index in [-0.39, 0.29) is 12.7 Å². The van der Waals surface area contributed by atoms with Crippen LogP contribution in [0.5, 0.6) is 17.2 Å². The Kier molecular flexibility index (Phi) is 5.55. The topological polar surface area (TPSA) is 64.1 Å². The first-order valence-corrected chi connectivity index (χ1v) is 10.3. The molecule has 0 fully saturated rings. The minimum absolute atomic E-state index is 0.123. The van der Waals surface area contributed by atoms with Gasteiger partial charge < -0.3 is 19.1 Å². The highest BCUT2D eigenvalue weighted by Crippen LogP contribution is 2.36. The molecule has 0 atom stereocenters. The van der Waals surface area contributed by atoms with Gasteiger partial charge >= 0.3 is 0 Å². The number of fused-ring (bicyclic) bond motifs is 2. The third kappa shape index (κ3) is 3.99. The molecule has 152 valence electrons. The number of benzene rings is 2. The van der Waals surface area contributed by atoms with Gasteiger partial charge in [0.05, 0.1) is 11.3 Å². The van der Waals surface area contributed by atoms with Crippen molar-refractivity contribution < 1.29 is 19.0 Å². The Morgan fingerprint density at radius 1 is 1.17 bits per heavy atom. The van der Waals surface area contributed by atoms with Gasteiger partial charge in [-0.05, 0) is 51.4 Å². The molecule has 1 aliphatic rings. The molecule has 4 rings (SSSR count). The summed E-state index contributed by atoms with van der Waals surface area (Å²) in [5, 5.41) is 0.650. The molecule has 0 saturated heterocycles. The number of carbonyl (C=O) groups excluding carboxylic acids is 1. The molecule has 29 heavy (non-hydrogen) atoms. The number of para-hydroxylation sites is 1. The summed E-state index contributed by atoms with van der Waals surface area (Å²) in [4.78, 5) is 21.9. The lowest BCUT2D eigenvalue weighted by Gasteiger charge is -2.22. The summed E-state index contributed by atoms with van der Waals surface area (Å²) < 4.78 is 17.5. The molecule has 0 aliphatic carbocycles. The number of anilines is 1. The van der Waals surface area contributed by atoms with Crippen LogP contribution in [0.15, 0.2) is 36.4 Å². The lowest BCUT2D eigenvalue weighted by atomic mass is 10.2. The van der Waals surface area contributed by atoms with E-state index in [1.807, 2.05) is 44.1 Å². The van der Waals surface area contributed by atoms with Gasteiger partial charge in [-0.15, -0.1) is 0 Å². The lowest BCUT2D eigenvalue weighted by molar-refractivity contribution is 0.0984. The predicted molar refractivity (Wildman–Crippen MR) is 114 cm³/mol. The SMILES string of the molecule is CCOc1cccc2sc(N(CCN(C)C)C(=O)c3ccc4c(c3)OCO4)nc12. The minimum atomic E-state index is -0.123. The molecule has 3 aromatic rings. The fourth-order valence-corrected chi connectivity index (χ4v) is 4.08. The van der Waals surface area contributed by atoms with Gasteiger partial charge in [0.15, 0.2) is 16.6 Å². The van der Waals surface area contributed by atoms with Crippen molar-refractivity contribution in [3.05, 3.63) is 42.0 Å². The number of thiazole rings is 1. The lowest BCUT2D eigenvalue weighted by Crippen LogP contribution is -2.36. The fraction of sp³-hybridized carbons (Fsp3) is 0.333. The number of nitrogens with zero attached hydrogens (tertiary/aromatic N) is 3. The molecule has 1 aromatic heterocycles. The van der Waals surface area contributed by atoms with Gasteiger partial charge in [-0.1, -0.05) is 17.4 Å². The van der Waals surface area contributed by atoms with E-state index in [4.69, 9.17) is 19.2 Å². The number of ether oxygens (including phenoxy) is 3. The highest BCUT2D eigenvalue weighted by molar-refractivity contribution is 7.22. The molecule has 0 radical (unpaired) electrons. The van der Waals surface area contributed by atoms with Crippen LogP contribution in [0, 0.1) is 0 Å². The van der Waals surface area contributed by atoms with Crippen LogP contribution in [0.3, 0.4) is 0 Å². The number of carbonyl (C=O) groups is 1. The monoisotopic (exact) mass is 413 g/mol. The highest BCUT2D eigenvalue weighted by Gasteiger charge is 2.24. The van der Waals surface area contributed by atoms with E-state index in [9.17, 15) is 4.79 Å². The molecule has 1 aliphatic heterocycles. The van der Waals surface area contributed by atoms with Gasteiger partial charge in [0.2, 0.25) is 6.79 Å². The first-order valence-electron chi connectivity index (χ1n) is 9.45. The standard InChI is InChI=1S/C21H23N3O4S/c1-4-26-16-6-5-7-18-19(16)22-21(29-18)24(11-10-23(2)3)20(25)14-8-9-15-17(12-14)28-13-27-15/h5-9,12H,4,10-11,13H2,1-3H3. The zero-order valence-corrected chi connectivity index (χ0v) is 17.5. The Morgan fingerprint density at radius 2 is 2.00 bits per heavy atom. The van der Waals surface area contributed by atoms with Crippen molar-refractivity contribution in [1.29, 1.82) is 0 Å². The van der Waals surface area contributed by atoms with Crippen molar-refractivity contribution >= 4 is 32.6 Å². The van der Waals surface area contributed by atoms with Gasteiger partial charge in [0.25, 0.3) is 5.91 Å². The van der Waals surface area contributed by atoms with Crippen molar-refractivity contribution in [2.45, 2.75) is 6.92 Å². The minimum Gasteiger partial charge on any atom is -0.492 e. The van der Waals surface area contributed by atoms with Crippen LogP contribution < -0.4 is 19.1 Å². The molecule has 2 heterocycles. The largest absolute Gasteiger partial charge is 0.492 e. The van der Waals surface area contributed by atoms with E-state index in [1.54, 1.807) is 23.1 Å². The maximum absolute atomic E-state index is 13.4. The highest BCUT2D eigenvalue weighted by atomic mass is 32.1. The zero-order chi connectivity index (χ0) is 20.4. The Labute approximate surface area is 173 Å². The normalized spacial score (nSPS) is 12.6. The Morgan fingerprint density at radius 3 is 2.79 bits per heavy atom. The molecule has 0 bridgehead atoms. The summed E-state index contributed by atoms with van der Waals surface area (Å²) in [7, 11) is 3.96. The molecule has 0 spiro atoms. The van der Waals surface area contributed by atoms with E-state index in [0.717, 1.165) is 16.0 Å². The van der Waals surface area contributed by atoms with Gasteiger partial charge in [0.1, 0.15) is 11.3 Å². The summed E-state index contributed by atoms with van der Waals surface area (Å²) in [5.41, 5.74) is 1.32. The first kappa shape index (κ1) is 19.5. The summed E-state index contributed by atoms with van der Waals surface area (Å²) >= 11 is 1.49. The third-order valence-corrected chi connectivity index (χ3v) is 5.58. The van der Waals surface area contributed by atoms with Gasteiger partial charge in [0, 0.05) is 18.7 Å². The molecular weight excluding hydrogens is 390 g/mol. The number of hydrogen-bond acceptors (Lipinski definition) is 7. The number of aromatic nitrogens is 1. The van der Waals surface area contributed by atoms with Crippen molar-refractivity contribution in [3.8, 4) is 17.2 Å². The molecule has 0 unspecified atom stereocenters. The van der Waals surface area contributed by atoms with Gasteiger partial charge in [-0.3, -0.25) is 9.69 Å². The van der Waals surface area contributed by atoms with E-state index in [2.05, 4.69) is 0 Å². The van der Waals surface area contributed by atoms with Crippen molar-refractivity contribution in [2.24, 2.45) is 0 Å². The van der Waals surface area contributed by atoms with Gasteiger partial charge in [-0.25, -0.2) is 4.98 Å². The number of rotatable bonds is 7. The van der Waals surface area contributed by atoms with Crippen LogP contribution in [-0.4, -0.2) is 56.4 Å². The first-order chi connectivity index (χ1) is 14.1. The van der Waals surface area contributed by atoms with Crippen LogP contribution in [0.2, 0.25) is 0 Å². The molecule has 7 nitrogen and oxygen atoms in total. The van der Waals surface area contributed by atoms with Crippen LogP contribution in [-0.2, 0) is 0 Å². The smallest absolute Gasteiger partial charge is 0.260 e. The molecule has 8 heteroatoms. The van der Waals surface area contributed by atoms with Crippen molar-refractivity contribution in [2.75, 3.05) is 45.5 Å². The fourth-order valence-electron chi connectivity index (χ4n) is 3.07. The molecule has 0 saturated carbocycles. The van der Waals surface area contributed by atoms with E-state index >= 15 is 0 Å². The second kappa shape index (κ2) is 8.26. The van der Waals surface area contributed by atoms with E-state index in [0.29, 0.717) is 41.9 Å². The summed E-state index contributed by atoms with van der Waals surface area (Å²) in [6, 6.07) is 11.1. The molecule has 1 amide bonds. The average molecular weight is 413 g/mol. The van der Waals surface area contributed by atoms with Crippen LogP contribution >= 0.6 is 11.3 Å². The molecule has 2 aromatic carbocycles. The maximum Gasteiger partial charge on any atom is 0.260 e. The van der Waals surface area contributed by atoms with Gasteiger partial charge in [-0.2, -0.15) is 0 Å². The number of amides is 1. The Balaban J connectivity index is 1.71. The predicted octanol–water partition coefficient (Wildman–Crippen LogP) is 3.63. The van der Waals surface area contributed by atoms with Crippen LogP contribution in [0.1, 0.15) is 17.3 Å². The third-order valence-electron chi connectivity index (χ3n) is 4.54. The second-order valence-electron chi connectivity index (χ2n) is 6.86. The van der Waals surface area contributed by atoms with Crippen molar-refractivity contribution in [1.82, 2.24) is 9.88 Å². The van der Waals surface area contributed by atoms with Crippen molar-refractivity contribution in [3.63, 3.8) is 0 Å². The summed E-state index contributed by atoms with van der Waals surface area (Å²) in [5.74, 6) is 1.85. The second-order valence-corrected chi connectivity index (χ2v) is 7.87. The average Bonchev–Trinajstić information content (AvgIpc) is 3.34. The van der Waals surface area contributed by atoms with Crippen LogP contribution in [0.4, 0.5) is 5.13 Å². The number of likely N-dealkylation sites (N-methyl/N-ethyl adjacent to an activating group) is 1. The van der Waals surface area contributed by atoms with Crippen LogP contribution in [0.25, 0.3) is 10.2 Å². The Hall–Kier alpha value is -2.84. The van der Waals surface area contributed by atoms with E-state index in [1.165, 1.54) is 11.3 Å². The molecule has 0 N–H and O–H groups in total. The quantitative estimate of drug-likeness (QED) is 0.589. The zero-order valence-electron chi connectivity index (χ0n) is 16.7. The summed E-state index contributed by atoms with van der Waals surface area (Å²) in [6.07, 6.45) is 0. The number of hydrogen-bond donors (Lipinski definition) is 0. The maximum atomic E-state index is 13.4. The molecular formula is C21H23N3O4S. The van der Waals surface area contributed by atoms with E-state index < -0.39 is 0 Å². The Bertz CT molecular complexity index is 1030.